The van der Waals surface area contributed by atoms with Gasteiger partial charge in [0.05, 0.1) is 13.2 Å². The van der Waals surface area contributed by atoms with Gasteiger partial charge in [-0.3, -0.25) is 0 Å². The van der Waals surface area contributed by atoms with Crippen molar-refractivity contribution in [2.75, 3.05) is 24.2 Å². The van der Waals surface area contributed by atoms with Crippen LogP contribution in [0.1, 0.15) is 101 Å². The second-order valence-corrected chi connectivity index (χ2v) is 10.5. The van der Waals surface area contributed by atoms with Gasteiger partial charge in [-0.1, -0.05) is 147 Å². The Labute approximate surface area is 235 Å². The van der Waals surface area contributed by atoms with E-state index in [9.17, 15) is 0 Å². The number of unbranched alkanes of at least 4 members (excludes halogenated alkanes) is 12. The summed E-state index contributed by atoms with van der Waals surface area (Å²) in [6.45, 7) is 3.61. The number of aliphatic hydroxyl groups is 1. The summed E-state index contributed by atoms with van der Waals surface area (Å²) in [6, 6.07) is 20.7. The van der Waals surface area contributed by atoms with Gasteiger partial charge in [0.2, 0.25) is 0 Å². The minimum Gasteiger partial charge on any atom is -0.396 e. The highest BCUT2D eigenvalue weighted by Gasteiger charge is 1.95. The van der Waals surface area contributed by atoms with Crippen LogP contribution < -0.4 is 0 Å². The lowest BCUT2D eigenvalue weighted by molar-refractivity contribution is 0.116. The molecule has 0 saturated heterocycles. The van der Waals surface area contributed by atoms with E-state index in [1.807, 2.05) is 24.3 Å². The normalized spacial score (nSPS) is 10.7. The quantitative estimate of drug-likeness (QED) is 0.0821. The zero-order valence-corrected chi connectivity index (χ0v) is 24.7. The third-order valence-electron chi connectivity index (χ3n) is 6.09. The van der Waals surface area contributed by atoms with Crippen LogP contribution in [0.4, 0.5) is 0 Å². The van der Waals surface area contributed by atoms with Crippen molar-refractivity contribution < 1.29 is 14.6 Å². The van der Waals surface area contributed by atoms with Crippen LogP contribution in [0.25, 0.3) is 0 Å². The van der Waals surface area contributed by atoms with Crippen LogP contribution in [-0.2, 0) is 22.7 Å². The van der Waals surface area contributed by atoms with Crippen molar-refractivity contribution in [3.63, 3.8) is 0 Å². The Hall–Kier alpha value is -0.950. The second-order valence-electron chi connectivity index (χ2n) is 9.44. The first-order valence-corrected chi connectivity index (χ1v) is 15.8. The van der Waals surface area contributed by atoms with E-state index in [-0.39, 0.29) is 0 Å². The van der Waals surface area contributed by atoms with E-state index < -0.39 is 0 Å². The van der Waals surface area contributed by atoms with Crippen molar-refractivity contribution in [2.24, 2.45) is 0 Å². The van der Waals surface area contributed by atoms with Gasteiger partial charge in [0.15, 0.2) is 0 Å². The number of hydrogen-bond acceptors (Lipinski definition) is 3. The molecule has 0 aliphatic heterocycles. The molecule has 36 heavy (non-hydrogen) atoms. The summed E-state index contributed by atoms with van der Waals surface area (Å²) in [5.74, 6) is 0. The molecule has 0 heterocycles. The first-order chi connectivity index (χ1) is 17.9. The molecule has 2 aromatic carbocycles. The van der Waals surface area contributed by atoms with E-state index in [1.165, 1.54) is 92.6 Å². The van der Waals surface area contributed by atoms with Crippen LogP contribution in [0, 0.1) is 0 Å². The minimum atomic E-state index is 0.341. The van der Waals surface area contributed by atoms with Gasteiger partial charge in [-0.25, -0.2) is 0 Å². The summed E-state index contributed by atoms with van der Waals surface area (Å²) in [7, 11) is 0. The Morgan fingerprint density at radius 3 is 1.22 bits per heavy atom. The predicted molar refractivity (Wildman–Crippen MR) is 163 cm³/mol. The molecular weight excluding hydrogens is 559 g/mol. The SMILES string of the molecule is ICCCCCCCCCOCc1ccccc1.OCCCCCCCCCOCc1ccccc1. The number of alkyl halides is 1. The summed E-state index contributed by atoms with van der Waals surface area (Å²) in [5.41, 5.74) is 2.53. The smallest absolute Gasteiger partial charge is 0.0716 e. The molecular formula is C32H51IO3. The molecule has 0 aromatic heterocycles. The number of benzene rings is 2. The highest BCUT2D eigenvalue weighted by atomic mass is 127. The molecule has 0 spiro atoms. The largest absolute Gasteiger partial charge is 0.396 e. The molecule has 0 unspecified atom stereocenters. The second kappa shape index (κ2) is 27.1. The van der Waals surface area contributed by atoms with Crippen molar-refractivity contribution in [3.8, 4) is 0 Å². The van der Waals surface area contributed by atoms with Gasteiger partial charge in [0.25, 0.3) is 0 Å². The fourth-order valence-electron chi connectivity index (χ4n) is 3.91. The molecule has 0 saturated carbocycles. The number of hydrogen-bond donors (Lipinski definition) is 1. The number of ether oxygens (including phenoxy) is 2. The highest BCUT2D eigenvalue weighted by molar-refractivity contribution is 14.1. The zero-order valence-electron chi connectivity index (χ0n) is 22.6. The van der Waals surface area contributed by atoms with E-state index >= 15 is 0 Å². The van der Waals surface area contributed by atoms with Gasteiger partial charge < -0.3 is 14.6 Å². The molecule has 4 heteroatoms. The maximum atomic E-state index is 8.64. The van der Waals surface area contributed by atoms with Gasteiger partial charge in [0.1, 0.15) is 0 Å². The molecule has 2 rings (SSSR count). The Balaban J connectivity index is 0.000000360. The van der Waals surface area contributed by atoms with Crippen LogP contribution in [-0.4, -0.2) is 29.4 Å². The molecule has 204 valence electrons. The minimum absolute atomic E-state index is 0.341. The maximum absolute atomic E-state index is 8.64. The Kier molecular flexibility index (Phi) is 24.9. The van der Waals surface area contributed by atoms with Crippen LogP contribution in [0.15, 0.2) is 60.7 Å². The van der Waals surface area contributed by atoms with E-state index in [0.717, 1.165) is 39.3 Å². The lowest BCUT2D eigenvalue weighted by Gasteiger charge is -2.04. The van der Waals surface area contributed by atoms with E-state index in [4.69, 9.17) is 14.6 Å². The molecule has 1 N–H and O–H groups in total. The Bertz CT molecular complexity index is 606. The van der Waals surface area contributed by atoms with Crippen molar-refractivity contribution in [1.29, 1.82) is 0 Å². The number of aliphatic hydroxyl groups excluding tert-OH is 1. The average molecular weight is 611 g/mol. The highest BCUT2D eigenvalue weighted by Crippen LogP contribution is 2.09. The van der Waals surface area contributed by atoms with Gasteiger partial charge in [0, 0.05) is 19.8 Å². The molecule has 0 bridgehead atoms. The Morgan fingerprint density at radius 2 is 0.833 bits per heavy atom. The lowest BCUT2D eigenvalue weighted by Crippen LogP contribution is -1.95. The molecule has 0 atom stereocenters. The first kappa shape index (κ1) is 33.1. The summed E-state index contributed by atoms with van der Waals surface area (Å²) in [4.78, 5) is 0. The fraction of sp³-hybridized carbons (Fsp3) is 0.625. The third-order valence-corrected chi connectivity index (χ3v) is 6.85. The Morgan fingerprint density at radius 1 is 0.472 bits per heavy atom. The standard InChI is InChI=1S/C16H25IO.C16H26O2/c2*17-13-9-4-2-1-3-5-10-14-18-15-16-11-7-6-8-12-16/h6-8,11-12H,1-5,9-10,13-15H2;6-8,11-12,17H,1-5,9-10,13-15H2. The van der Waals surface area contributed by atoms with Crippen molar-refractivity contribution >= 4 is 22.6 Å². The topological polar surface area (TPSA) is 38.7 Å². The molecule has 0 amide bonds. The van der Waals surface area contributed by atoms with E-state index in [1.54, 1.807) is 0 Å². The van der Waals surface area contributed by atoms with Crippen molar-refractivity contribution in [3.05, 3.63) is 71.8 Å². The molecule has 2 aromatic rings. The number of halogens is 1. The summed E-state index contributed by atoms with van der Waals surface area (Å²) in [5, 5.41) is 8.64. The van der Waals surface area contributed by atoms with Crippen LogP contribution >= 0.6 is 22.6 Å². The van der Waals surface area contributed by atoms with Crippen LogP contribution in [0.3, 0.4) is 0 Å². The average Bonchev–Trinajstić information content (AvgIpc) is 2.92. The fourth-order valence-corrected chi connectivity index (χ4v) is 4.45. The van der Waals surface area contributed by atoms with Gasteiger partial charge in [-0.05, 0) is 41.2 Å². The van der Waals surface area contributed by atoms with Gasteiger partial charge in [-0.15, -0.1) is 0 Å². The summed E-state index contributed by atoms with van der Waals surface area (Å²) < 4.78 is 12.6. The lowest BCUT2D eigenvalue weighted by atomic mass is 10.1. The van der Waals surface area contributed by atoms with E-state index in [2.05, 4.69) is 59.0 Å². The molecule has 3 nitrogen and oxygen atoms in total. The van der Waals surface area contributed by atoms with Crippen LogP contribution in [0.5, 0.6) is 0 Å². The van der Waals surface area contributed by atoms with Crippen LogP contribution in [0.2, 0.25) is 0 Å². The monoisotopic (exact) mass is 610 g/mol. The maximum Gasteiger partial charge on any atom is 0.0716 e. The van der Waals surface area contributed by atoms with Gasteiger partial charge in [-0.2, -0.15) is 0 Å². The third kappa shape index (κ3) is 22.3. The first-order valence-electron chi connectivity index (χ1n) is 14.3. The summed E-state index contributed by atoms with van der Waals surface area (Å²) in [6.07, 6.45) is 17.9. The molecule has 0 radical (unpaired) electrons. The van der Waals surface area contributed by atoms with Crippen molar-refractivity contribution in [1.82, 2.24) is 0 Å². The summed E-state index contributed by atoms with van der Waals surface area (Å²) >= 11 is 2.46. The predicted octanol–water partition coefficient (Wildman–Crippen LogP) is 9.30. The number of rotatable bonds is 22. The zero-order chi connectivity index (χ0) is 25.8. The molecule has 0 aliphatic rings. The molecule has 0 aliphatic carbocycles. The van der Waals surface area contributed by atoms with Crippen molar-refractivity contribution in [2.45, 2.75) is 103 Å². The van der Waals surface area contributed by atoms with E-state index in [0.29, 0.717) is 6.61 Å². The molecule has 0 fully saturated rings. The van der Waals surface area contributed by atoms with Gasteiger partial charge >= 0.3 is 0 Å².